The average molecular weight is 592 g/mol. The summed E-state index contributed by atoms with van der Waals surface area (Å²) in [7, 11) is 3.67. The van der Waals surface area contributed by atoms with E-state index in [0.717, 1.165) is 16.7 Å². The topological polar surface area (TPSA) is 99.4 Å². The zero-order valence-corrected chi connectivity index (χ0v) is 20.9. The first-order valence-corrected chi connectivity index (χ1v) is 11.2. The van der Waals surface area contributed by atoms with Gasteiger partial charge in [0.25, 0.3) is 5.56 Å². The number of aromatic nitrogens is 4. The van der Waals surface area contributed by atoms with Gasteiger partial charge in [-0.25, -0.2) is 13.6 Å². The van der Waals surface area contributed by atoms with Crippen molar-refractivity contribution in [1.82, 2.24) is 24.4 Å². The summed E-state index contributed by atoms with van der Waals surface area (Å²) in [5.41, 5.74) is 0.0273. The van der Waals surface area contributed by atoms with Crippen molar-refractivity contribution in [2.24, 2.45) is 0 Å². The Bertz CT molecular complexity index is 1330. The van der Waals surface area contributed by atoms with Crippen LogP contribution in [0.5, 0.6) is 5.88 Å². The molecule has 0 spiro atoms. The number of rotatable bonds is 9. The number of ether oxygens (including phenoxy) is 2. The predicted octanol–water partition coefficient (Wildman–Crippen LogP) is 3.37. The summed E-state index contributed by atoms with van der Waals surface area (Å²) < 4.78 is 75.3. The number of alkyl halides is 3. The Morgan fingerprint density at radius 2 is 1.78 bits per heavy atom. The Morgan fingerprint density at radius 3 is 2.38 bits per heavy atom. The number of benzene rings is 1. The standard InChI is InChI=1S/C22H19BrF5N5O4/c1-32(2)8-14-6-30-15(7-29-14)9-33-17(11-37-21(35)22(26,27)28)31-19(18(23)20(33)34)36-10-12-3-4-13(24)5-16(12)25/h3-7H,8-11H2,1-2H3. The van der Waals surface area contributed by atoms with Crippen molar-refractivity contribution in [3.63, 3.8) is 0 Å². The van der Waals surface area contributed by atoms with E-state index in [0.29, 0.717) is 18.3 Å². The fraction of sp³-hybridized carbons (Fsp3) is 0.318. The van der Waals surface area contributed by atoms with Gasteiger partial charge in [-0.05, 0) is 42.2 Å². The van der Waals surface area contributed by atoms with E-state index in [1.807, 2.05) is 19.0 Å². The van der Waals surface area contributed by atoms with Gasteiger partial charge in [-0.3, -0.25) is 19.3 Å². The predicted molar refractivity (Wildman–Crippen MR) is 121 cm³/mol. The molecule has 3 rings (SSSR count). The minimum atomic E-state index is -5.27. The highest BCUT2D eigenvalue weighted by molar-refractivity contribution is 9.10. The summed E-state index contributed by atoms with van der Waals surface area (Å²) in [6, 6.07) is 2.74. The summed E-state index contributed by atoms with van der Waals surface area (Å²) in [6.07, 6.45) is -2.42. The maximum atomic E-state index is 13.9. The normalized spacial score (nSPS) is 11.6. The second-order valence-electron chi connectivity index (χ2n) is 7.87. The van der Waals surface area contributed by atoms with Gasteiger partial charge in [0.15, 0.2) is 5.82 Å². The molecular weight excluding hydrogens is 573 g/mol. The molecule has 0 aliphatic rings. The molecule has 0 radical (unpaired) electrons. The fourth-order valence-electron chi connectivity index (χ4n) is 2.95. The highest BCUT2D eigenvalue weighted by atomic mass is 79.9. The summed E-state index contributed by atoms with van der Waals surface area (Å²) in [6.45, 7) is -1.29. The molecule has 37 heavy (non-hydrogen) atoms. The van der Waals surface area contributed by atoms with Gasteiger partial charge < -0.3 is 14.4 Å². The lowest BCUT2D eigenvalue weighted by Crippen LogP contribution is -2.30. The maximum absolute atomic E-state index is 13.9. The monoisotopic (exact) mass is 591 g/mol. The number of carbonyl (C=O) groups is 1. The molecule has 198 valence electrons. The van der Waals surface area contributed by atoms with Gasteiger partial charge in [0.05, 0.1) is 30.3 Å². The molecule has 3 aromatic rings. The summed E-state index contributed by atoms with van der Waals surface area (Å²) >= 11 is 3.03. The van der Waals surface area contributed by atoms with Crippen LogP contribution in [0.4, 0.5) is 22.0 Å². The Kier molecular flexibility index (Phi) is 8.91. The molecule has 1 aromatic carbocycles. The van der Waals surface area contributed by atoms with Crippen LogP contribution in [0.25, 0.3) is 0 Å². The van der Waals surface area contributed by atoms with Crippen LogP contribution in [0.15, 0.2) is 39.9 Å². The Hall–Kier alpha value is -3.46. The van der Waals surface area contributed by atoms with Crippen LogP contribution in [0.2, 0.25) is 0 Å². The molecule has 0 N–H and O–H groups in total. The first-order valence-electron chi connectivity index (χ1n) is 10.4. The second-order valence-corrected chi connectivity index (χ2v) is 8.67. The molecule has 0 amide bonds. The largest absolute Gasteiger partial charge is 0.490 e. The molecule has 9 nitrogen and oxygen atoms in total. The summed E-state index contributed by atoms with van der Waals surface area (Å²) in [5, 5.41) is 0. The van der Waals surface area contributed by atoms with Crippen LogP contribution in [-0.2, 0) is 35.8 Å². The van der Waals surface area contributed by atoms with Gasteiger partial charge in [0, 0.05) is 18.2 Å². The quantitative estimate of drug-likeness (QED) is 0.276. The molecule has 0 aliphatic carbocycles. The lowest BCUT2D eigenvalue weighted by Gasteiger charge is -2.16. The zero-order valence-electron chi connectivity index (χ0n) is 19.4. The Labute approximate surface area is 215 Å². The van der Waals surface area contributed by atoms with Crippen molar-refractivity contribution in [2.45, 2.75) is 32.5 Å². The first kappa shape index (κ1) is 28.1. The smallest absolute Gasteiger partial charge is 0.472 e. The number of halogens is 6. The van der Waals surface area contributed by atoms with E-state index >= 15 is 0 Å². The van der Waals surface area contributed by atoms with Crippen molar-refractivity contribution in [3.8, 4) is 5.88 Å². The number of hydrogen-bond acceptors (Lipinski definition) is 8. The minimum absolute atomic E-state index is 0.0718. The van der Waals surface area contributed by atoms with Gasteiger partial charge >= 0.3 is 12.1 Å². The van der Waals surface area contributed by atoms with Gasteiger partial charge in [0.1, 0.15) is 29.3 Å². The van der Waals surface area contributed by atoms with Crippen LogP contribution in [0.3, 0.4) is 0 Å². The van der Waals surface area contributed by atoms with E-state index in [9.17, 15) is 31.5 Å². The molecule has 0 bridgehead atoms. The summed E-state index contributed by atoms with van der Waals surface area (Å²) in [5.74, 6) is -5.02. The minimum Gasteiger partial charge on any atom is -0.472 e. The van der Waals surface area contributed by atoms with Crippen LogP contribution in [0, 0.1) is 11.6 Å². The first-order chi connectivity index (χ1) is 17.3. The van der Waals surface area contributed by atoms with Gasteiger partial charge in [-0.2, -0.15) is 18.2 Å². The van der Waals surface area contributed by atoms with Crippen LogP contribution >= 0.6 is 15.9 Å². The van der Waals surface area contributed by atoms with Crippen molar-refractivity contribution in [2.75, 3.05) is 14.1 Å². The van der Waals surface area contributed by atoms with E-state index in [1.54, 1.807) is 0 Å². The van der Waals surface area contributed by atoms with Gasteiger partial charge in [-0.15, -0.1) is 0 Å². The Morgan fingerprint density at radius 1 is 1.11 bits per heavy atom. The van der Waals surface area contributed by atoms with E-state index < -0.39 is 54.3 Å². The van der Waals surface area contributed by atoms with Crippen molar-refractivity contribution < 1.29 is 36.2 Å². The van der Waals surface area contributed by atoms with Crippen molar-refractivity contribution in [1.29, 1.82) is 0 Å². The van der Waals surface area contributed by atoms with E-state index in [1.165, 1.54) is 12.4 Å². The van der Waals surface area contributed by atoms with Gasteiger partial charge in [0.2, 0.25) is 5.88 Å². The SMILES string of the molecule is CN(C)Cc1cnc(Cn2c(COC(=O)C(F)(F)F)nc(OCc3ccc(F)cc3F)c(Br)c2=O)cn1. The Balaban J connectivity index is 1.93. The van der Waals surface area contributed by atoms with E-state index in [4.69, 9.17) is 4.74 Å². The number of hydrogen-bond donors (Lipinski definition) is 0. The molecule has 2 aromatic heterocycles. The highest BCUT2D eigenvalue weighted by Crippen LogP contribution is 2.23. The second kappa shape index (κ2) is 11.7. The number of carbonyl (C=O) groups excluding carboxylic acids is 1. The van der Waals surface area contributed by atoms with E-state index in [-0.39, 0.29) is 22.3 Å². The molecule has 0 saturated carbocycles. The third-order valence-corrected chi connectivity index (χ3v) is 5.34. The molecule has 0 saturated heterocycles. The average Bonchev–Trinajstić information content (AvgIpc) is 2.81. The molecule has 2 heterocycles. The van der Waals surface area contributed by atoms with Crippen LogP contribution in [-0.4, -0.2) is 50.7 Å². The van der Waals surface area contributed by atoms with Crippen LogP contribution in [0.1, 0.15) is 22.8 Å². The molecule has 0 fully saturated rings. The van der Waals surface area contributed by atoms with E-state index in [2.05, 4.69) is 35.6 Å². The summed E-state index contributed by atoms with van der Waals surface area (Å²) in [4.78, 5) is 38.6. The van der Waals surface area contributed by atoms with Crippen LogP contribution < -0.4 is 10.3 Å². The fourth-order valence-corrected chi connectivity index (χ4v) is 3.37. The lowest BCUT2D eigenvalue weighted by molar-refractivity contribution is -0.201. The highest BCUT2D eigenvalue weighted by Gasteiger charge is 2.41. The van der Waals surface area contributed by atoms with Gasteiger partial charge in [-0.1, -0.05) is 0 Å². The third kappa shape index (κ3) is 7.52. The maximum Gasteiger partial charge on any atom is 0.490 e. The van der Waals surface area contributed by atoms with Crippen molar-refractivity contribution >= 4 is 21.9 Å². The van der Waals surface area contributed by atoms with Crippen molar-refractivity contribution in [3.05, 3.63) is 79.8 Å². The molecule has 0 atom stereocenters. The molecular formula is C22H19BrF5N5O4. The molecule has 0 unspecified atom stereocenters. The third-order valence-electron chi connectivity index (χ3n) is 4.66. The number of nitrogens with zero attached hydrogens (tertiary/aromatic N) is 5. The number of esters is 1. The lowest BCUT2D eigenvalue weighted by atomic mass is 10.2. The zero-order chi connectivity index (χ0) is 27.3. The molecule has 15 heteroatoms. The molecule has 0 aliphatic heterocycles.